The molecule has 0 aliphatic rings. The molecule has 6 heteroatoms. The molecule has 2 heterocycles. The minimum atomic E-state index is 0.377. The number of aromatic amines is 1. The number of nitrogens with two attached hydrogens (primary N) is 1. The minimum Gasteiger partial charge on any atom is -0.457 e. The molecule has 5 rings (SSSR count). The van der Waals surface area contributed by atoms with Crippen molar-refractivity contribution in [2.24, 2.45) is 0 Å². The summed E-state index contributed by atoms with van der Waals surface area (Å²) in [5.74, 6) is 1.87. The number of para-hydroxylation sites is 1. The fourth-order valence-corrected chi connectivity index (χ4v) is 3.53. The number of H-pyrrole nitrogens is 1. The van der Waals surface area contributed by atoms with Crippen LogP contribution in [0.1, 0.15) is 5.56 Å². The van der Waals surface area contributed by atoms with Gasteiger partial charge in [0.1, 0.15) is 11.5 Å². The quantitative estimate of drug-likeness (QED) is 0.410. The average molecular weight is 403 g/mol. The predicted octanol–water partition coefficient (Wildman–Crippen LogP) is 5.54. The summed E-state index contributed by atoms with van der Waals surface area (Å²) in [6.45, 7) is 0. The van der Waals surface area contributed by atoms with Crippen LogP contribution in [0.15, 0.2) is 84.9 Å². The number of aromatic nitrogens is 3. The van der Waals surface area contributed by atoms with Crippen LogP contribution in [-0.4, -0.2) is 15.2 Å². The zero-order valence-electron chi connectivity index (χ0n) is 16.4. The van der Waals surface area contributed by atoms with Crippen molar-refractivity contribution in [1.29, 1.82) is 5.26 Å². The SMILES string of the molecule is N#Cc1ccccc1-c1cc2[nH]nc(N)c2c(-c2ccc(Oc3ccccc3)cc2)n1. The first-order chi connectivity index (χ1) is 15.2. The Labute approximate surface area is 178 Å². The van der Waals surface area contributed by atoms with Gasteiger partial charge in [-0.05, 0) is 48.5 Å². The first-order valence-corrected chi connectivity index (χ1v) is 9.70. The highest BCUT2D eigenvalue weighted by Gasteiger charge is 2.16. The summed E-state index contributed by atoms with van der Waals surface area (Å²) < 4.78 is 5.89. The number of hydrogen-bond acceptors (Lipinski definition) is 5. The van der Waals surface area contributed by atoms with Gasteiger partial charge in [-0.15, -0.1) is 0 Å². The van der Waals surface area contributed by atoms with E-state index in [-0.39, 0.29) is 0 Å². The van der Waals surface area contributed by atoms with E-state index in [1.165, 1.54) is 0 Å². The maximum absolute atomic E-state index is 9.50. The summed E-state index contributed by atoms with van der Waals surface area (Å²) in [6, 6.07) is 28.7. The summed E-state index contributed by atoms with van der Waals surface area (Å²) in [5, 5.41) is 17.4. The van der Waals surface area contributed by atoms with E-state index < -0.39 is 0 Å². The molecular formula is C25H17N5O. The van der Waals surface area contributed by atoms with E-state index in [2.05, 4.69) is 16.3 Å². The van der Waals surface area contributed by atoms with Crippen molar-refractivity contribution in [3.05, 3.63) is 90.5 Å². The third kappa shape index (κ3) is 3.45. The molecule has 0 radical (unpaired) electrons. The molecule has 0 aliphatic heterocycles. The van der Waals surface area contributed by atoms with Crippen LogP contribution in [0.5, 0.6) is 11.5 Å². The second-order valence-corrected chi connectivity index (χ2v) is 6.98. The van der Waals surface area contributed by atoms with Gasteiger partial charge in [0.15, 0.2) is 5.82 Å². The van der Waals surface area contributed by atoms with Crippen molar-refractivity contribution < 1.29 is 4.74 Å². The lowest BCUT2D eigenvalue weighted by atomic mass is 10.0. The molecule has 3 N–H and O–H groups in total. The van der Waals surface area contributed by atoms with Crippen molar-refractivity contribution in [2.45, 2.75) is 0 Å². The van der Waals surface area contributed by atoms with Gasteiger partial charge in [0, 0.05) is 11.1 Å². The van der Waals surface area contributed by atoms with Crippen molar-refractivity contribution >= 4 is 16.7 Å². The molecule has 2 aromatic heterocycles. The summed E-state index contributed by atoms with van der Waals surface area (Å²) in [7, 11) is 0. The molecule has 0 spiro atoms. The standard InChI is InChI=1S/C25H17N5O/c26-15-17-6-4-5-9-20(17)21-14-22-23(25(27)30-29-22)24(28-21)16-10-12-19(13-11-16)31-18-7-2-1-3-8-18/h1-14H,(H3,27,29,30). The van der Waals surface area contributed by atoms with Gasteiger partial charge in [0.2, 0.25) is 0 Å². The number of anilines is 1. The maximum atomic E-state index is 9.50. The lowest BCUT2D eigenvalue weighted by Crippen LogP contribution is -1.94. The first kappa shape index (κ1) is 18.4. The van der Waals surface area contributed by atoms with Crippen LogP contribution in [0.4, 0.5) is 5.82 Å². The van der Waals surface area contributed by atoms with Gasteiger partial charge in [-0.1, -0.05) is 36.4 Å². The molecule has 6 nitrogen and oxygen atoms in total. The number of benzene rings is 3. The van der Waals surface area contributed by atoms with Crippen LogP contribution in [0.3, 0.4) is 0 Å². The fraction of sp³-hybridized carbons (Fsp3) is 0. The molecule has 0 unspecified atom stereocenters. The normalized spacial score (nSPS) is 10.7. The van der Waals surface area contributed by atoms with E-state index in [9.17, 15) is 5.26 Å². The van der Waals surface area contributed by atoms with E-state index in [0.717, 1.165) is 33.5 Å². The highest BCUT2D eigenvalue weighted by Crippen LogP contribution is 2.35. The molecule has 148 valence electrons. The van der Waals surface area contributed by atoms with E-state index in [4.69, 9.17) is 15.5 Å². The Balaban J connectivity index is 1.61. The second-order valence-electron chi connectivity index (χ2n) is 6.98. The van der Waals surface area contributed by atoms with Gasteiger partial charge >= 0.3 is 0 Å². The van der Waals surface area contributed by atoms with Gasteiger partial charge in [-0.3, -0.25) is 5.10 Å². The third-order valence-electron chi connectivity index (χ3n) is 5.00. The Morgan fingerprint density at radius 3 is 2.35 bits per heavy atom. The van der Waals surface area contributed by atoms with E-state index in [1.54, 1.807) is 6.07 Å². The Morgan fingerprint density at radius 2 is 1.58 bits per heavy atom. The first-order valence-electron chi connectivity index (χ1n) is 9.70. The fourth-order valence-electron chi connectivity index (χ4n) is 3.53. The Kier molecular flexibility index (Phi) is 4.54. The maximum Gasteiger partial charge on any atom is 0.155 e. The van der Waals surface area contributed by atoms with Crippen LogP contribution < -0.4 is 10.5 Å². The summed E-state index contributed by atoms with van der Waals surface area (Å²) in [6.07, 6.45) is 0. The molecule has 0 saturated carbocycles. The average Bonchev–Trinajstić information content (AvgIpc) is 3.20. The summed E-state index contributed by atoms with van der Waals surface area (Å²) in [5.41, 5.74) is 10.4. The Morgan fingerprint density at radius 1 is 0.871 bits per heavy atom. The zero-order valence-corrected chi connectivity index (χ0v) is 16.4. The lowest BCUT2D eigenvalue weighted by Gasteiger charge is -2.10. The summed E-state index contributed by atoms with van der Waals surface area (Å²) >= 11 is 0. The number of ether oxygens (including phenoxy) is 1. The number of nitrogen functional groups attached to an aromatic ring is 1. The third-order valence-corrected chi connectivity index (χ3v) is 5.00. The molecule has 0 saturated heterocycles. The van der Waals surface area contributed by atoms with Gasteiger partial charge in [-0.2, -0.15) is 10.4 Å². The van der Waals surface area contributed by atoms with Crippen LogP contribution >= 0.6 is 0 Å². The molecule has 0 atom stereocenters. The molecule has 0 aliphatic carbocycles. The molecule has 0 bridgehead atoms. The lowest BCUT2D eigenvalue weighted by molar-refractivity contribution is 0.483. The van der Waals surface area contributed by atoms with Crippen molar-refractivity contribution in [3.8, 4) is 40.1 Å². The largest absolute Gasteiger partial charge is 0.457 e. The number of hydrogen-bond donors (Lipinski definition) is 2. The van der Waals surface area contributed by atoms with Gasteiger partial charge in [-0.25, -0.2) is 4.98 Å². The van der Waals surface area contributed by atoms with Gasteiger partial charge < -0.3 is 10.5 Å². The molecule has 0 fully saturated rings. The molecule has 5 aromatic rings. The topological polar surface area (TPSA) is 101 Å². The zero-order chi connectivity index (χ0) is 21.2. The Bertz CT molecular complexity index is 1420. The van der Waals surface area contributed by atoms with Gasteiger partial charge in [0.25, 0.3) is 0 Å². The van der Waals surface area contributed by atoms with Gasteiger partial charge in [0.05, 0.1) is 33.9 Å². The van der Waals surface area contributed by atoms with E-state index in [1.807, 2.05) is 78.9 Å². The minimum absolute atomic E-state index is 0.377. The molecule has 31 heavy (non-hydrogen) atoms. The highest BCUT2D eigenvalue weighted by molar-refractivity contribution is 6.01. The number of nitriles is 1. The van der Waals surface area contributed by atoms with Crippen LogP contribution in [0.2, 0.25) is 0 Å². The number of pyridine rings is 1. The molecule has 3 aromatic carbocycles. The number of nitrogens with one attached hydrogen (secondary N) is 1. The van der Waals surface area contributed by atoms with Crippen LogP contribution in [0.25, 0.3) is 33.4 Å². The number of rotatable bonds is 4. The summed E-state index contributed by atoms with van der Waals surface area (Å²) in [4.78, 5) is 4.86. The van der Waals surface area contributed by atoms with E-state index >= 15 is 0 Å². The highest BCUT2D eigenvalue weighted by atomic mass is 16.5. The Hall–Kier alpha value is -4.63. The molecular weight excluding hydrogens is 386 g/mol. The van der Waals surface area contributed by atoms with E-state index in [0.29, 0.717) is 22.8 Å². The molecule has 0 amide bonds. The number of fused-ring (bicyclic) bond motifs is 1. The number of nitrogens with zero attached hydrogens (tertiary/aromatic N) is 3. The predicted molar refractivity (Wildman–Crippen MR) is 120 cm³/mol. The second kappa shape index (κ2) is 7.65. The van der Waals surface area contributed by atoms with Crippen LogP contribution in [0, 0.1) is 11.3 Å². The smallest absolute Gasteiger partial charge is 0.155 e. The van der Waals surface area contributed by atoms with Crippen molar-refractivity contribution in [1.82, 2.24) is 15.2 Å². The van der Waals surface area contributed by atoms with Crippen LogP contribution in [-0.2, 0) is 0 Å². The van der Waals surface area contributed by atoms with Crippen molar-refractivity contribution in [3.63, 3.8) is 0 Å². The van der Waals surface area contributed by atoms with Crippen molar-refractivity contribution in [2.75, 3.05) is 5.73 Å². The monoisotopic (exact) mass is 403 g/mol.